The number of hydrogen-bond donors (Lipinski definition) is 2. The van der Waals surface area contributed by atoms with Gasteiger partial charge in [-0.1, -0.05) is 78.9 Å². The Morgan fingerprint density at radius 2 is 1.31 bits per heavy atom. The van der Waals surface area contributed by atoms with Crippen molar-refractivity contribution in [1.29, 1.82) is 0 Å². The lowest BCUT2D eigenvalue weighted by Crippen LogP contribution is -2.48. The number of primary amides is 1. The Bertz CT molecular complexity index is 1050. The number of ketones is 1. The summed E-state index contributed by atoms with van der Waals surface area (Å²) in [5.74, 6) is -2.72. The number of rotatable bonds is 6. The quantitative estimate of drug-likeness (QED) is 0.640. The number of Topliss-reactive ketones (excluding diaryl/α,β-unsaturated/α-hetero) is 1. The molecule has 0 bridgehead atoms. The van der Waals surface area contributed by atoms with Crippen LogP contribution < -0.4 is 11.1 Å². The van der Waals surface area contributed by atoms with Gasteiger partial charge in [0.2, 0.25) is 11.7 Å². The van der Waals surface area contributed by atoms with Crippen LogP contribution in [0.1, 0.15) is 22.6 Å². The van der Waals surface area contributed by atoms with Crippen LogP contribution in [-0.2, 0) is 20.8 Å². The highest BCUT2D eigenvalue weighted by Gasteiger charge is 2.35. The first-order chi connectivity index (χ1) is 14.1. The second-order valence-corrected chi connectivity index (χ2v) is 7.09. The van der Waals surface area contributed by atoms with Crippen LogP contribution in [0.2, 0.25) is 0 Å². The minimum atomic E-state index is -1.06. The summed E-state index contributed by atoms with van der Waals surface area (Å²) >= 11 is 0. The third-order valence-electron chi connectivity index (χ3n) is 5.25. The molecule has 1 unspecified atom stereocenters. The molecule has 1 atom stereocenters. The highest BCUT2D eigenvalue weighted by atomic mass is 16.2. The molecule has 3 aromatic rings. The maximum Gasteiger partial charge on any atom is 0.287 e. The zero-order chi connectivity index (χ0) is 20.4. The van der Waals surface area contributed by atoms with E-state index in [0.717, 1.165) is 27.8 Å². The molecule has 0 aliphatic heterocycles. The van der Waals surface area contributed by atoms with E-state index in [2.05, 4.69) is 5.32 Å². The van der Waals surface area contributed by atoms with Crippen LogP contribution in [0.15, 0.2) is 78.9 Å². The van der Waals surface area contributed by atoms with Gasteiger partial charge in [0.1, 0.15) is 6.04 Å². The summed E-state index contributed by atoms with van der Waals surface area (Å²) in [6.45, 7) is 0. The maximum absolute atomic E-state index is 13.3. The van der Waals surface area contributed by atoms with Crippen molar-refractivity contribution in [2.75, 3.05) is 0 Å². The molecule has 0 aromatic heterocycles. The smallest absolute Gasteiger partial charge is 0.287 e. The predicted molar refractivity (Wildman–Crippen MR) is 110 cm³/mol. The molecule has 0 heterocycles. The van der Waals surface area contributed by atoms with E-state index in [1.165, 1.54) is 0 Å². The minimum Gasteiger partial charge on any atom is -0.363 e. The van der Waals surface area contributed by atoms with Gasteiger partial charge in [-0.25, -0.2) is 0 Å². The molecule has 0 saturated heterocycles. The highest BCUT2D eigenvalue weighted by Crippen LogP contribution is 2.44. The normalized spacial score (nSPS) is 13.2. The van der Waals surface area contributed by atoms with Crippen molar-refractivity contribution in [3.8, 4) is 11.1 Å². The number of fused-ring (bicyclic) bond motifs is 3. The lowest BCUT2D eigenvalue weighted by molar-refractivity contribution is -0.138. The average Bonchev–Trinajstić information content (AvgIpc) is 3.08. The third-order valence-corrected chi connectivity index (χ3v) is 5.25. The Hall–Kier alpha value is -3.73. The van der Waals surface area contributed by atoms with Crippen LogP contribution in [0.4, 0.5) is 0 Å². The maximum atomic E-state index is 13.3. The highest BCUT2D eigenvalue weighted by molar-refractivity contribution is 6.38. The first-order valence-electron chi connectivity index (χ1n) is 9.42. The molecular formula is C24H20N2O3. The zero-order valence-corrected chi connectivity index (χ0v) is 15.7. The summed E-state index contributed by atoms with van der Waals surface area (Å²) in [7, 11) is 0. The second kappa shape index (κ2) is 7.72. The molecule has 0 saturated carbocycles. The largest absolute Gasteiger partial charge is 0.363 e. The molecule has 1 aliphatic rings. The van der Waals surface area contributed by atoms with E-state index in [-0.39, 0.29) is 12.3 Å². The van der Waals surface area contributed by atoms with Crippen molar-refractivity contribution in [3.63, 3.8) is 0 Å². The molecule has 5 nitrogen and oxygen atoms in total. The molecule has 5 heteroatoms. The van der Waals surface area contributed by atoms with Crippen LogP contribution in [0.5, 0.6) is 0 Å². The van der Waals surface area contributed by atoms with Crippen molar-refractivity contribution < 1.29 is 14.4 Å². The van der Waals surface area contributed by atoms with E-state index in [1.54, 1.807) is 0 Å². The summed E-state index contributed by atoms with van der Waals surface area (Å²) in [5, 5.41) is 2.78. The van der Waals surface area contributed by atoms with Gasteiger partial charge < -0.3 is 11.1 Å². The van der Waals surface area contributed by atoms with Crippen LogP contribution in [0.25, 0.3) is 11.1 Å². The average molecular weight is 384 g/mol. The first kappa shape index (κ1) is 18.6. The predicted octanol–water partition coefficient (Wildman–Crippen LogP) is 2.58. The van der Waals surface area contributed by atoms with Crippen molar-refractivity contribution >= 4 is 17.6 Å². The van der Waals surface area contributed by atoms with Crippen LogP contribution in [0.3, 0.4) is 0 Å². The number of nitrogens with two attached hydrogens (primary N) is 1. The lowest BCUT2D eigenvalue weighted by atomic mass is 9.94. The van der Waals surface area contributed by atoms with Gasteiger partial charge in [0, 0.05) is 6.42 Å². The fraction of sp³-hybridized carbons (Fsp3) is 0.125. The molecule has 0 fully saturated rings. The van der Waals surface area contributed by atoms with Crippen molar-refractivity contribution in [3.05, 3.63) is 95.6 Å². The van der Waals surface area contributed by atoms with Crippen molar-refractivity contribution in [2.45, 2.75) is 18.4 Å². The zero-order valence-electron chi connectivity index (χ0n) is 15.7. The summed E-state index contributed by atoms with van der Waals surface area (Å²) < 4.78 is 0. The van der Waals surface area contributed by atoms with Crippen molar-refractivity contribution in [1.82, 2.24) is 5.32 Å². The SMILES string of the molecule is NC(=O)C(=O)C(Cc1ccccc1)NC(=O)C1c2ccccc2-c2ccccc21. The van der Waals surface area contributed by atoms with Gasteiger partial charge in [0.05, 0.1) is 5.92 Å². The van der Waals surface area contributed by atoms with E-state index in [1.807, 2.05) is 78.9 Å². The van der Waals surface area contributed by atoms with E-state index in [4.69, 9.17) is 5.73 Å². The van der Waals surface area contributed by atoms with Crippen LogP contribution in [0, 0.1) is 0 Å². The minimum absolute atomic E-state index is 0.199. The van der Waals surface area contributed by atoms with E-state index in [0.29, 0.717) is 0 Å². The lowest BCUT2D eigenvalue weighted by Gasteiger charge is -2.20. The van der Waals surface area contributed by atoms with E-state index in [9.17, 15) is 14.4 Å². The molecule has 0 spiro atoms. The Morgan fingerprint density at radius 3 is 1.86 bits per heavy atom. The van der Waals surface area contributed by atoms with Gasteiger partial charge in [-0.2, -0.15) is 0 Å². The van der Waals surface area contributed by atoms with E-state index < -0.39 is 23.7 Å². The Labute approximate surface area is 168 Å². The third kappa shape index (κ3) is 3.55. The summed E-state index contributed by atoms with van der Waals surface area (Å²) in [6.07, 6.45) is 0.199. The number of carbonyl (C=O) groups is 3. The van der Waals surface area contributed by atoms with Gasteiger partial charge in [0.25, 0.3) is 5.91 Å². The Morgan fingerprint density at radius 1 is 0.793 bits per heavy atom. The molecule has 1 aliphatic carbocycles. The summed E-state index contributed by atoms with van der Waals surface area (Å²) in [5.41, 5.74) is 9.84. The standard InChI is InChI=1S/C24H20N2O3/c25-23(28)22(27)20(14-15-8-2-1-3-9-15)26-24(29)21-18-12-6-4-10-16(18)17-11-5-7-13-19(17)21/h1-13,20-21H,14H2,(H2,25,28)(H,26,29). The number of hydrogen-bond acceptors (Lipinski definition) is 3. The van der Waals surface area contributed by atoms with Gasteiger partial charge in [-0.3, -0.25) is 14.4 Å². The number of benzene rings is 3. The van der Waals surface area contributed by atoms with E-state index >= 15 is 0 Å². The fourth-order valence-corrected chi connectivity index (χ4v) is 3.92. The molecular weight excluding hydrogens is 364 g/mol. The second-order valence-electron chi connectivity index (χ2n) is 7.09. The van der Waals surface area contributed by atoms with Crippen LogP contribution >= 0.6 is 0 Å². The molecule has 144 valence electrons. The topological polar surface area (TPSA) is 89.3 Å². The van der Waals surface area contributed by atoms with Gasteiger partial charge in [-0.05, 0) is 27.8 Å². The Kier molecular flexibility index (Phi) is 4.96. The van der Waals surface area contributed by atoms with Gasteiger partial charge in [-0.15, -0.1) is 0 Å². The number of amides is 2. The molecule has 29 heavy (non-hydrogen) atoms. The van der Waals surface area contributed by atoms with Gasteiger partial charge in [0.15, 0.2) is 0 Å². The summed E-state index contributed by atoms with van der Waals surface area (Å²) in [4.78, 5) is 37.2. The molecule has 4 rings (SSSR count). The first-order valence-corrected chi connectivity index (χ1v) is 9.42. The number of nitrogens with one attached hydrogen (secondary N) is 1. The molecule has 3 aromatic carbocycles. The summed E-state index contributed by atoms with van der Waals surface area (Å²) in [6, 6.07) is 23.7. The van der Waals surface area contributed by atoms with Gasteiger partial charge >= 0.3 is 0 Å². The molecule has 2 amide bonds. The van der Waals surface area contributed by atoms with Crippen molar-refractivity contribution in [2.24, 2.45) is 5.73 Å². The Balaban J connectivity index is 1.66. The molecule has 3 N–H and O–H groups in total. The fourth-order valence-electron chi connectivity index (χ4n) is 3.92. The number of carbonyl (C=O) groups excluding carboxylic acids is 3. The monoisotopic (exact) mass is 384 g/mol. The van der Waals surface area contributed by atoms with Crippen LogP contribution in [-0.4, -0.2) is 23.6 Å². The molecule has 0 radical (unpaired) electrons.